The number of hydrogen-bond donors (Lipinski definition) is 2. The molecule has 1 aromatic heterocycles. The highest BCUT2D eigenvalue weighted by Crippen LogP contribution is 2.29. The molecule has 5 rings (SSSR count). The number of alkyl halides is 1. The fourth-order valence-electron chi connectivity index (χ4n) is 5.46. The van der Waals surface area contributed by atoms with Crippen LogP contribution in [0.3, 0.4) is 0 Å². The van der Waals surface area contributed by atoms with E-state index in [2.05, 4.69) is 62.2 Å². The molecule has 42 heavy (non-hydrogen) atoms. The molecule has 0 spiro atoms. The summed E-state index contributed by atoms with van der Waals surface area (Å²) in [6, 6.07) is 15.7. The van der Waals surface area contributed by atoms with Gasteiger partial charge in [-0.1, -0.05) is 0 Å². The van der Waals surface area contributed by atoms with Gasteiger partial charge in [-0.25, -0.2) is 14.4 Å². The van der Waals surface area contributed by atoms with Gasteiger partial charge in [-0.15, -0.1) is 0 Å². The van der Waals surface area contributed by atoms with Crippen molar-refractivity contribution in [1.29, 1.82) is 5.26 Å². The van der Waals surface area contributed by atoms with E-state index in [1.165, 1.54) is 12.0 Å². The molecule has 0 amide bonds. The van der Waals surface area contributed by atoms with Crippen LogP contribution >= 0.6 is 0 Å². The van der Waals surface area contributed by atoms with Gasteiger partial charge >= 0.3 is 0 Å². The van der Waals surface area contributed by atoms with Crippen LogP contribution in [0.2, 0.25) is 0 Å². The molecule has 2 N–H and O–H groups in total. The summed E-state index contributed by atoms with van der Waals surface area (Å²) < 4.78 is 20.7. The number of carbonyl (C=O) groups is 1. The van der Waals surface area contributed by atoms with Crippen molar-refractivity contribution in [2.45, 2.75) is 37.8 Å². The van der Waals surface area contributed by atoms with Crippen LogP contribution in [-0.4, -0.2) is 107 Å². The SMILES string of the molecule is C[C@H]1CN(C)CCN1c1ccc(Nc2ncnc(-c3ccc(O[C@H]4CCN(CC(O)C=O)C[C@H]4F)c(C#N)c3)n2)cc1. The van der Waals surface area contributed by atoms with Crippen molar-refractivity contribution in [1.82, 2.24) is 24.8 Å². The van der Waals surface area contributed by atoms with Crippen LogP contribution in [0.15, 0.2) is 48.8 Å². The highest BCUT2D eigenvalue weighted by atomic mass is 19.1. The molecule has 4 atom stereocenters. The first-order chi connectivity index (χ1) is 20.3. The number of halogens is 1. The molecule has 3 heterocycles. The van der Waals surface area contributed by atoms with Crippen molar-refractivity contribution < 1.29 is 19.0 Å². The number of benzene rings is 2. The van der Waals surface area contributed by atoms with Crippen LogP contribution in [0.25, 0.3) is 11.4 Å². The molecule has 0 saturated carbocycles. The maximum absolute atomic E-state index is 14.8. The third kappa shape index (κ3) is 6.99. The van der Waals surface area contributed by atoms with Gasteiger partial charge in [-0.2, -0.15) is 10.2 Å². The van der Waals surface area contributed by atoms with Crippen LogP contribution in [0.5, 0.6) is 5.75 Å². The first-order valence-corrected chi connectivity index (χ1v) is 14.0. The number of nitrogens with zero attached hydrogens (tertiary/aromatic N) is 7. The summed E-state index contributed by atoms with van der Waals surface area (Å²) in [5.74, 6) is 1.02. The summed E-state index contributed by atoms with van der Waals surface area (Å²) in [5.41, 5.74) is 2.84. The summed E-state index contributed by atoms with van der Waals surface area (Å²) in [5, 5.41) is 22.5. The van der Waals surface area contributed by atoms with E-state index in [1.54, 1.807) is 23.1 Å². The van der Waals surface area contributed by atoms with E-state index < -0.39 is 18.4 Å². The summed E-state index contributed by atoms with van der Waals surface area (Å²) in [7, 11) is 2.15. The molecule has 2 aromatic carbocycles. The Kier molecular flexibility index (Phi) is 9.22. The molecule has 220 valence electrons. The van der Waals surface area contributed by atoms with Gasteiger partial charge in [0.2, 0.25) is 5.95 Å². The van der Waals surface area contributed by atoms with Gasteiger partial charge in [-0.3, -0.25) is 4.90 Å². The molecule has 0 aliphatic carbocycles. The normalized spacial score (nSPS) is 22.3. The molecule has 2 saturated heterocycles. The van der Waals surface area contributed by atoms with Crippen molar-refractivity contribution in [3.8, 4) is 23.2 Å². The van der Waals surface area contributed by atoms with Crippen molar-refractivity contribution in [2.24, 2.45) is 0 Å². The van der Waals surface area contributed by atoms with E-state index in [0.29, 0.717) is 42.6 Å². The number of hydrogen-bond acceptors (Lipinski definition) is 11. The first kappa shape index (κ1) is 29.3. The fourth-order valence-corrected chi connectivity index (χ4v) is 5.46. The smallest absolute Gasteiger partial charge is 0.230 e. The molecule has 11 nitrogen and oxygen atoms in total. The average molecular weight is 575 g/mol. The lowest BCUT2D eigenvalue weighted by Gasteiger charge is -2.39. The second-order valence-corrected chi connectivity index (χ2v) is 10.9. The van der Waals surface area contributed by atoms with E-state index in [4.69, 9.17) is 4.74 Å². The molecule has 1 unspecified atom stereocenters. The third-order valence-corrected chi connectivity index (χ3v) is 7.66. The molecule has 2 fully saturated rings. The van der Waals surface area contributed by atoms with Crippen LogP contribution in [0.4, 0.5) is 21.7 Å². The number of nitrogens with one attached hydrogen (secondary N) is 1. The van der Waals surface area contributed by atoms with Gasteiger partial charge in [-0.05, 0) is 62.9 Å². The average Bonchev–Trinajstić information content (AvgIpc) is 2.99. The monoisotopic (exact) mass is 574 g/mol. The number of aliphatic hydroxyl groups excluding tert-OH is 1. The van der Waals surface area contributed by atoms with Gasteiger partial charge in [0.15, 0.2) is 5.82 Å². The molecular weight excluding hydrogens is 539 g/mol. The number of piperazine rings is 1. The zero-order valence-corrected chi connectivity index (χ0v) is 23.7. The number of likely N-dealkylation sites (tertiary alicyclic amines) is 1. The Morgan fingerprint density at radius 2 is 2.00 bits per heavy atom. The predicted octanol–water partition coefficient (Wildman–Crippen LogP) is 2.65. The van der Waals surface area contributed by atoms with Gasteiger partial charge in [0.05, 0.1) is 5.56 Å². The van der Waals surface area contributed by atoms with Crippen molar-refractivity contribution in [3.63, 3.8) is 0 Å². The third-order valence-electron chi connectivity index (χ3n) is 7.66. The molecule has 12 heteroatoms. The van der Waals surface area contributed by atoms with Crippen molar-refractivity contribution >= 4 is 23.6 Å². The van der Waals surface area contributed by atoms with Crippen LogP contribution in [0.1, 0.15) is 18.9 Å². The van der Waals surface area contributed by atoms with Gasteiger partial charge in [0.1, 0.15) is 42.8 Å². The Balaban J connectivity index is 1.24. The minimum Gasteiger partial charge on any atom is -0.486 e. The van der Waals surface area contributed by atoms with Gasteiger partial charge in [0, 0.05) is 62.2 Å². The summed E-state index contributed by atoms with van der Waals surface area (Å²) in [6.07, 6.45) is -1.02. The minimum absolute atomic E-state index is 0.0356. The first-order valence-electron chi connectivity index (χ1n) is 14.0. The lowest BCUT2D eigenvalue weighted by molar-refractivity contribution is -0.116. The van der Waals surface area contributed by atoms with E-state index in [9.17, 15) is 19.6 Å². The minimum atomic E-state index is -1.33. The molecule has 2 aliphatic heterocycles. The number of aromatic nitrogens is 3. The second kappa shape index (κ2) is 13.2. The van der Waals surface area contributed by atoms with Crippen LogP contribution in [-0.2, 0) is 4.79 Å². The van der Waals surface area contributed by atoms with Crippen LogP contribution < -0.4 is 15.0 Å². The number of nitriles is 1. The predicted molar refractivity (Wildman–Crippen MR) is 156 cm³/mol. The Morgan fingerprint density at radius 3 is 2.71 bits per heavy atom. The van der Waals surface area contributed by atoms with Crippen LogP contribution in [0, 0.1) is 11.3 Å². The molecule has 3 aromatic rings. The van der Waals surface area contributed by atoms with E-state index >= 15 is 0 Å². The Bertz CT molecular complexity index is 1420. The Morgan fingerprint density at radius 1 is 1.19 bits per heavy atom. The number of rotatable bonds is 9. The summed E-state index contributed by atoms with van der Waals surface area (Å²) >= 11 is 0. The number of anilines is 3. The number of likely N-dealkylation sites (N-methyl/N-ethyl adjacent to an activating group) is 1. The van der Waals surface area contributed by atoms with Gasteiger partial charge in [0.25, 0.3) is 0 Å². The zero-order valence-electron chi connectivity index (χ0n) is 23.7. The van der Waals surface area contributed by atoms with Crippen molar-refractivity contribution in [2.75, 3.05) is 56.5 Å². The largest absolute Gasteiger partial charge is 0.486 e. The second-order valence-electron chi connectivity index (χ2n) is 10.9. The van der Waals surface area contributed by atoms with E-state index in [1.807, 2.05) is 12.1 Å². The molecule has 0 bridgehead atoms. The lowest BCUT2D eigenvalue weighted by atomic mass is 10.0. The maximum Gasteiger partial charge on any atom is 0.230 e. The number of carbonyl (C=O) groups excluding carboxylic acids is 1. The highest BCUT2D eigenvalue weighted by Gasteiger charge is 2.32. The molecular formula is C30H35FN8O3. The number of ether oxygens (including phenoxy) is 1. The Hall–Kier alpha value is -4.18. The summed E-state index contributed by atoms with van der Waals surface area (Å²) in [6.45, 7) is 5.86. The quantitative estimate of drug-likeness (QED) is 0.366. The maximum atomic E-state index is 14.8. The highest BCUT2D eigenvalue weighted by molar-refractivity contribution is 5.64. The Labute approximate surface area is 244 Å². The van der Waals surface area contributed by atoms with Gasteiger partial charge < -0.3 is 29.8 Å². The number of aliphatic hydroxyl groups is 1. The fraction of sp³-hybridized carbons (Fsp3) is 0.433. The molecule has 0 radical (unpaired) electrons. The standard InChI is InChI=1S/C30H35FN8O3/c1-20-15-37(2)11-12-39(20)24-6-4-23(5-7-24)35-30-34-19-33-29(36-30)21-3-8-27(22(13-21)14-32)42-28-9-10-38(17-26(28)31)16-25(41)18-40/h3-8,13,18-20,25-26,28,41H,9-12,15-17H2,1-2H3,(H,33,34,35,36)/t20-,25?,26+,28-/m0/s1. The lowest BCUT2D eigenvalue weighted by Crippen LogP contribution is -2.50. The number of β-amino-alcohol motifs (C(OH)–C–C–N with tert-alkyl or cyclic N) is 1. The topological polar surface area (TPSA) is 131 Å². The van der Waals surface area contributed by atoms with E-state index in [-0.39, 0.29) is 24.4 Å². The summed E-state index contributed by atoms with van der Waals surface area (Å²) in [4.78, 5) is 30.2. The van der Waals surface area contributed by atoms with Crippen molar-refractivity contribution in [3.05, 3.63) is 54.4 Å². The van der Waals surface area contributed by atoms with E-state index in [0.717, 1.165) is 25.3 Å². The zero-order chi connectivity index (χ0) is 29.6. The molecule has 2 aliphatic rings. The number of aldehydes is 1. The number of piperidine rings is 1.